The lowest BCUT2D eigenvalue weighted by molar-refractivity contribution is -0.122. The van der Waals surface area contributed by atoms with Crippen LogP contribution in [-0.4, -0.2) is 31.6 Å². The van der Waals surface area contributed by atoms with E-state index in [4.69, 9.17) is 5.73 Å². The van der Waals surface area contributed by atoms with Gasteiger partial charge < -0.3 is 11.1 Å². The SMILES string of the molecule is NC(=O)c1cc(-c2cncnc2[C@H](Cc2cc(F)cc(F)c2)NC(=O)Cn2nc(C(F)F)c3c2C(F)(F)C2=C3C2)ccc1F. The van der Waals surface area contributed by atoms with Gasteiger partial charge in [0.15, 0.2) is 0 Å². The molecular weight excluding hydrogens is 597 g/mol. The zero-order chi connectivity index (χ0) is 31.5. The lowest BCUT2D eigenvalue weighted by Gasteiger charge is -2.22. The first-order valence-corrected chi connectivity index (χ1v) is 13.0. The Morgan fingerprint density at radius 2 is 1.77 bits per heavy atom. The summed E-state index contributed by atoms with van der Waals surface area (Å²) in [5.74, 6) is -8.35. The third-order valence-corrected chi connectivity index (χ3v) is 7.36. The minimum Gasteiger partial charge on any atom is -0.366 e. The van der Waals surface area contributed by atoms with Crippen molar-refractivity contribution >= 4 is 17.4 Å². The molecular formula is C29H19F7N6O2. The zero-order valence-electron chi connectivity index (χ0n) is 22.2. The Hall–Kier alpha value is -5.08. The predicted molar refractivity (Wildman–Crippen MR) is 140 cm³/mol. The quantitative estimate of drug-likeness (QED) is 0.252. The molecule has 2 aromatic carbocycles. The summed E-state index contributed by atoms with van der Waals surface area (Å²) in [6.07, 6.45) is -1.21. The first-order valence-electron chi connectivity index (χ1n) is 13.0. The number of benzene rings is 2. The molecule has 0 saturated carbocycles. The number of fused-ring (bicyclic) bond motifs is 2. The molecule has 4 aromatic rings. The number of primary amides is 1. The molecule has 8 nitrogen and oxygen atoms in total. The van der Waals surface area contributed by atoms with Crippen LogP contribution in [0.4, 0.5) is 30.7 Å². The molecule has 2 aromatic heterocycles. The molecule has 0 saturated heterocycles. The van der Waals surface area contributed by atoms with Crippen LogP contribution in [0.3, 0.4) is 0 Å². The van der Waals surface area contributed by atoms with Crippen LogP contribution in [0.25, 0.3) is 16.7 Å². The van der Waals surface area contributed by atoms with Gasteiger partial charge in [0.1, 0.15) is 41.7 Å². The number of allylic oxidation sites excluding steroid dienone is 2. The van der Waals surface area contributed by atoms with Crippen molar-refractivity contribution in [3.63, 3.8) is 0 Å². The molecule has 6 rings (SSSR count). The van der Waals surface area contributed by atoms with Crippen LogP contribution in [0.15, 0.2) is 54.5 Å². The molecule has 2 aliphatic carbocycles. The molecule has 226 valence electrons. The first-order chi connectivity index (χ1) is 20.8. The van der Waals surface area contributed by atoms with E-state index in [0.29, 0.717) is 10.7 Å². The van der Waals surface area contributed by atoms with Crippen LogP contribution < -0.4 is 11.1 Å². The van der Waals surface area contributed by atoms with Gasteiger partial charge in [0.05, 0.1) is 17.3 Å². The molecule has 0 aliphatic heterocycles. The molecule has 0 radical (unpaired) electrons. The topological polar surface area (TPSA) is 116 Å². The number of alkyl halides is 4. The van der Waals surface area contributed by atoms with E-state index in [0.717, 1.165) is 30.6 Å². The van der Waals surface area contributed by atoms with Crippen LogP contribution in [0.2, 0.25) is 0 Å². The maximum Gasteiger partial charge on any atom is 0.312 e. The maximum absolute atomic E-state index is 15.0. The molecule has 0 bridgehead atoms. The van der Waals surface area contributed by atoms with E-state index >= 15 is 0 Å². The molecule has 0 spiro atoms. The molecule has 2 amide bonds. The van der Waals surface area contributed by atoms with Gasteiger partial charge in [-0.05, 0) is 47.4 Å². The number of carbonyl (C=O) groups excluding carboxylic acids is 2. The highest BCUT2D eigenvalue weighted by molar-refractivity contribution is 5.94. The van der Waals surface area contributed by atoms with Gasteiger partial charge in [-0.15, -0.1) is 0 Å². The number of carbonyl (C=O) groups is 2. The number of nitrogens with one attached hydrogen (secondary N) is 1. The highest BCUT2D eigenvalue weighted by Crippen LogP contribution is 2.62. The van der Waals surface area contributed by atoms with Gasteiger partial charge >= 0.3 is 5.92 Å². The maximum atomic E-state index is 15.0. The Balaban J connectivity index is 1.38. The summed E-state index contributed by atoms with van der Waals surface area (Å²) in [5.41, 5.74) is 3.02. The third kappa shape index (κ3) is 5.07. The van der Waals surface area contributed by atoms with Crippen molar-refractivity contribution < 1.29 is 40.3 Å². The summed E-state index contributed by atoms with van der Waals surface area (Å²) in [7, 11) is 0. The summed E-state index contributed by atoms with van der Waals surface area (Å²) in [4.78, 5) is 33.2. The second-order valence-electron chi connectivity index (χ2n) is 10.3. The molecule has 0 fully saturated rings. The number of aromatic nitrogens is 4. The number of hydrogen-bond acceptors (Lipinski definition) is 5. The lowest BCUT2D eigenvalue weighted by atomic mass is 9.95. The fraction of sp³-hybridized carbons (Fsp3) is 0.207. The van der Waals surface area contributed by atoms with Crippen molar-refractivity contribution in [3.8, 4) is 11.1 Å². The average Bonchev–Trinajstić information content (AvgIpc) is 3.61. The predicted octanol–water partition coefficient (Wildman–Crippen LogP) is 5.16. The van der Waals surface area contributed by atoms with E-state index in [9.17, 15) is 40.3 Å². The van der Waals surface area contributed by atoms with Crippen LogP contribution in [0.5, 0.6) is 0 Å². The number of nitrogens with two attached hydrogens (primary N) is 1. The minimum atomic E-state index is -3.58. The summed E-state index contributed by atoms with van der Waals surface area (Å²) >= 11 is 0. The fourth-order valence-electron chi connectivity index (χ4n) is 5.46. The zero-order valence-corrected chi connectivity index (χ0v) is 22.2. The van der Waals surface area contributed by atoms with Crippen molar-refractivity contribution in [3.05, 3.63) is 106 Å². The van der Waals surface area contributed by atoms with Gasteiger partial charge in [-0.3, -0.25) is 14.3 Å². The van der Waals surface area contributed by atoms with Crippen LogP contribution >= 0.6 is 0 Å². The minimum absolute atomic E-state index is 0.0386. The van der Waals surface area contributed by atoms with Crippen molar-refractivity contribution in [1.82, 2.24) is 25.1 Å². The largest absolute Gasteiger partial charge is 0.366 e. The molecule has 1 atom stereocenters. The van der Waals surface area contributed by atoms with Crippen molar-refractivity contribution in [1.29, 1.82) is 0 Å². The molecule has 15 heteroatoms. The van der Waals surface area contributed by atoms with E-state index < -0.39 is 71.2 Å². The van der Waals surface area contributed by atoms with Gasteiger partial charge in [-0.2, -0.15) is 13.9 Å². The smallest absolute Gasteiger partial charge is 0.312 e. The lowest BCUT2D eigenvalue weighted by Crippen LogP contribution is -2.35. The number of rotatable bonds is 9. The number of nitrogens with zero attached hydrogens (tertiary/aromatic N) is 4. The van der Waals surface area contributed by atoms with Gasteiger partial charge in [0.25, 0.3) is 12.3 Å². The summed E-state index contributed by atoms with van der Waals surface area (Å²) in [5, 5.41) is 6.18. The normalized spacial score (nSPS) is 15.3. The van der Waals surface area contributed by atoms with E-state index in [-0.39, 0.29) is 51.9 Å². The Bertz CT molecular complexity index is 1870. The number of amides is 2. The highest BCUT2D eigenvalue weighted by Gasteiger charge is 2.58. The molecule has 0 unspecified atom stereocenters. The van der Waals surface area contributed by atoms with E-state index in [1.54, 1.807) is 0 Å². The molecule has 2 heterocycles. The highest BCUT2D eigenvalue weighted by atomic mass is 19.3. The monoisotopic (exact) mass is 616 g/mol. The molecule has 3 N–H and O–H groups in total. The van der Waals surface area contributed by atoms with Crippen molar-refractivity contribution in [2.24, 2.45) is 5.73 Å². The Morgan fingerprint density at radius 1 is 1.05 bits per heavy atom. The van der Waals surface area contributed by atoms with Crippen LogP contribution in [0, 0.1) is 17.5 Å². The Morgan fingerprint density at radius 3 is 2.45 bits per heavy atom. The van der Waals surface area contributed by atoms with Crippen LogP contribution in [-0.2, 0) is 23.7 Å². The van der Waals surface area contributed by atoms with E-state index in [1.165, 1.54) is 12.3 Å². The molecule has 2 aliphatic rings. The van der Waals surface area contributed by atoms with E-state index in [2.05, 4.69) is 20.4 Å². The van der Waals surface area contributed by atoms with Gasteiger partial charge in [0, 0.05) is 35.4 Å². The summed E-state index contributed by atoms with van der Waals surface area (Å²) in [6.45, 7) is -0.901. The third-order valence-electron chi connectivity index (χ3n) is 7.36. The van der Waals surface area contributed by atoms with Crippen molar-refractivity contribution in [2.45, 2.75) is 37.8 Å². The second kappa shape index (κ2) is 10.6. The number of halogens is 7. The molecule has 44 heavy (non-hydrogen) atoms. The Labute approximate surface area is 243 Å². The summed E-state index contributed by atoms with van der Waals surface area (Å²) in [6, 6.07) is 4.80. The second-order valence-corrected chi connectivity index (χ2v) is 10.3. The first kappa shape index (κ1) is 29.0. The van der Waals surface area contributed by atoms with Crippen LogP contribution in [0.1, 0.15) is 57.5 Å². The fourth-order valence-corrected chi connectivity index (χ4v) is 5.46. The van der Waals surface area contributed by atoms with Gasteiger partial charge in [-0.1, -0.05) is 6.07 Å². The standard InChI is InChI=1S/C29H19F7N6O2/c30-14-3-12(4-15(31)7-14)5-21(24-18(9-38-11-39-24)13-1-2-20(32)17(6-13)28(37)44)40-22(43)10-42-26-23(25(41-42)27(33)34)16-8-19(16)29(26,35)36/h1-4,6-7,9,11,21,27H,5,8,10H2,(H2,37,44)(H,40,43)/t21-/m0/s1. The van der Waals surface area contributed by atoms with Gasteiger partial charge in [-0.25, -0.2) is 31.9 Å². The van der Waals surface area contributed by atoms with Gasteiger partial charge in [0.2, 0.25) is 5.91 Å². The average molecular weight is 616 g/mol. The Kier molecular flexibility index (Phi) is 6.97. The summed E-state index contributed by atoms with van der Waals surface area (Å²) < 4.78 is 100. The van der Waals surface area contributed by atoms with E-state index in [1.807, 2.05) is 0 Å². The van der Waals surface area contributed by atoms with Crippen molar-refractivity contribution in [2.75, 3.05) is 0 Å². The number of hydrogen-bond donors (Lipinski definition) is 2.